The fourth-order valence-electron chi connectivity index (χ4n) is 0.764. The van der Waals surface area contributed by atoms with Gasteiger partial charge >= 0.3 is 0 Å². The summed E-state index contributed by atoms with van der Waals surface area (Å²) in [6.45, 7) is 0. The topological polar surface area (TPSA) is 76.4 Å². The Bertz CT molecular complexity index is 380. The molecule has 5 N–H and O–H groups in total. The molecule has 4 nitrogen and oxygen atoms in total. The summed E-state index contributed by atoms with van der Waals surface area (Å²) >= 11 is 15.0. The van der Waals surface area contributed by atoms with Crippen molar-refractivity contribution < 1.29 is 0 Å². The van der Waals surface area contributed by atoms with E-state index in [9.17, 15) is 0 Å². The standard InChI is InChI=1S/C7H7BrCl2N4/c8-3-1-2-4(6(10)5(3)9)13-7(11)14-12/h1-2H,12H2,(H3,11,13,14). The van der Waals surface area contributed by atoms with Crippen LogP contribution < -0.4 is 17.0 Å². The van der Waals surface area contributed by atoms with Crippen LogP contribution >= 0.6 is 39.1 Å². The van der Waals surface area contributed by atoms with Crippen LogP contribution in [-0.4, -0.2) is 5.96 Å². The third kappa shape index (κ3) is 2.51. The quantitative estimate of drug-likeness (QED) is 0.244. The van der Waals surface area contributed by atoms with Gasteiger partial charge in [-0.1, -0.05) is 23.2 Å². The molecule has 0 spiro atoms. The SMILES string of the molecule is NNC(N)=Nc1ccc(Br)c(Cl)c1Cl. The summed E-state index contributed by atoms with van der Waals surface area (Å²) in [6.07, 6.45) is 0. The lowest BCUT2D eigenvalue weighted by molar-refractivity contribution is 1.01. The minimum atomic E-state index is 0.0605. The molecule has 0 aliphatic heterocycles. The van der Waals surface area contributed by atoms with Gasteiger partial charge in [-0.15, -0.1) is 0 Å². The molecule has 1 rings (SSSR count). The Hall–Kier alpha value is -0.490. The second-order valence-corrected chi connectivity index (χ2v) is 3.95. The van der Waals surface area contributed by atoms with Crippen LogP contribution in [0, 0.1) is 0 Å². The number of guanidine groups is 1. The Kier molecular flexibility index (Phi) is 4.00. The lowest BCUT2D eigenvalue weighted by Gasteiger charge is -2.04. The van der Waals surface area contributed by atoms with E-state index in [0.29, 0.717) is 20.2 Å². The van der Waals surface area contributed by atoms with E-state index in [4.69, 9.17) is 34.8 Å². The molecule has 0 fully saturated rings. The summed E-state index contributed by atoms with van der Waals surface area (Å²) in [4.78, 5) is 3.90. The molecule has 0 aromatic heterocycles. The number of rotatable bonds is 1. The number of hydrogen-bond acceptors (Lipinski definition) is 2. The molecule has 0 unspecified atom stereocenters. The van der Waals surface area contributed by atoms with Gasteiger partial charge in [0.05, 0.1) is 15.7 Å². The molecule has 1 aromatic carbocycles. The summed E-state index contributed by atoms with van der Waals surface area (Å²) in [5.74, 6) is 5.11. The number of nitrogens with one attached hydrogen (secondary N) is 1. The van der Waals surface area contributed by atoms with Crippen molar-refractivity contribution >= 4 is 50.8 Å². The average molecular weight is 298 g/mol. The molecular formula is C7H7BrCl2N4. The number of halogens is 3. The van der Waals surface area contributed by atoms with Crippen molar-refractivity contribution in [1.82, 2.24) is 5.43 Å². The summed E-state index contributed by atoms with van der Waals surface area (Å²) in [7, 11) is 0. The molecular weight excluding hydrogens is 291 g/mol. The summed E-state index contributed by atoms with van der Waals surface area (Å²) in [5.41, 5.74) is 8.01. The molecule has 0 atom stereocenters. The lowest BCUT2D eigenvalue weighted by atomic mass is 10.3. The van der Waals surface area contributed by atoms with Crippen molar-refractivity contribution in [2.24, 2.45) is 16.6 Å². The Morgan fingerprint density at radius 1 is 1.36 bits per heavy atom. The first-order chi connectivity index (χ1) is 6.56. The van der Waals surface area contributed by atoms with Crippen LogP contribution in [-0.2, 0) is 0 Å². The van der Waals surface area contributed by atoms with Crippen LogP contribution in [0.1, 0.15) is 0 Å². The van der Waals surface area contributed by atoms with E-state index >= 15 is 0 Å². The third-order valence-electron chi connectivity index (χ3n) is 1.40. The number of benzene rings is 1. The molecule has 0 heterocycles. The minimum absolute atomic E-state index is 0.0605. The molecule has 7 heteroatoms. The first-order valence-corrected chi connectivity index (χ1v) is 5.05. The van der Waals surface area contributed by atoms with E-state index in [1.54, 1.807) is 12.1 Å². The zero-order chi connectivity index (χ0) is 10.7. The van der Waals surface area contributed by atoms with E-state index in [1.165, 1.54) is 0 Å². The van der Waals surface area contributed by atoms with Gasteiger partial charge in [-0.25, -0.2) is 10.8 Å². The number of nitrogens with two attached hydrogens (primary N) is 2. The van der Waals surface area contributed by atoms with E-state index < -0.39 is 0 Å². The van der Waals surface area contributed by atoms with E-state index in [0.717, 1.165) is 0 Å². The van der Waals surface area contributed by atoms with Gasteiger partial charge in [0.1, 0.15) is 0 Å². The van der Waals surface area contributed by atoms with Crippen LogP contribution in [0.2, 0.25) is 10.0 Å². The first-order valence-electron chi connectivity index (χ1n) is 3.50. The predicted molar refractivity (Wildman–Crippen MR) is 62.8 cm³/mol. The third-order valence-corrected chi connectivity index (χ3v) is 3.16. The van der Waals surface area contributed by atoms with E-state index in [2.05, 4.69) is 26.3 Å². The molecule has 0 radical (unpaired) electrons. The van der Waals surface area contributed by atoms with Crippen molar-refractivity contribution in [2.45, 2.75) is 0 Å². The molecule has 0 amide bonds. The Balaban J connectivity index is 3.18. The van der Waals surface area contributed by atoms with Gasteiger partial charge in [0.2, 0.25) is 5.96 Å². The van der Waals surface area contributed by atoms with Crippen LogP contribution in [0.15, 0.2) is 21.6 Å². The van der Waals surface area contributed by atoms with Gasteiger partial charge in [0.15, 0.2) is 0 Å². The molecule has 0 bridgehead atoms. The van der Waals surface area contributed by atoms with Crippen LogP contribution in [0.25, 0.3) is 0 Å². The van der Waals surface area contributed by atoms with E-state index in [-0.39, 0.29) is 5.96 Å². The van der Waals surface area contributed by atoms with Crippen molar-refractivity contribution in [2.75, 3.05) is 0 Å². The first kappa shape index (κ1) is 11.6. The zero-order valence-corrected chi connectivity index (χ0v) is 9.99. The number of hydrazine groups is 1. The van der Waals surface area contributed by atoms with Gasteiger partial charge in [-0.3, -0.25) is 5.43 Å². The maximum Gasteiger partial charge on any atom is 0.208 e. The highest BCUT2D eigenvalue weighted by Crippen LogP contribution is 2.37. The number of hydrogen-bond donors (Lipinski definition) is 3. The van der Waals surface area contributed by atoms with Crippen molar-refractivity contribution in [3.05, 3.63) is 26.7 Å². The molecule has 14 heavy (non-hydrogen) atoms. The average Bonchev–Trinajstić information content (AvgIpc) is 2.19. The second kappa shape index (κ2) is 4.84. The minimum Gasteiger partial charge on any atom is -0.369 e. The fraction of sp³-hybridized carbons (Fsp3) is 0. The van der Waals surface area contributed by atoms with Gasteiger partial charge in [-0.2, -0.15) is 0 Å². The van der Waals surface area contributed by atoms with E-state index in [1.807, 2.05) is 0 Å². The highest BCUT2D eigenvalue weighted by atomic mass is 79.9. The molecule has 0 saturated heterocycles. The van der Waals surface area contributed by atoms with Crippen LogP contribution in [0.3, 0.4) is 0 Å². The summed E-state index contributed by atoms with van der Waals surface area (Å²) in [5, 5.41) is 0.706. The highest BCUT2D eigenvalue weighted by molar-refractivity contribution is 9.10. The zero-order valence-electron chi connectivity index (χ0n) is 6.89. The Morgan fingerprint density at radius 2 is 2.00 bits per heavy atom. The number of nitrogens with zero attached hydrogens (tertiary/aromatic N) is 1. The summed E-state index contributed by atoms with van der Waals surface area (Å²) in [6, 6.07) is 3.39. The normalized spacial score (nSPS) is 11.6. The highest BCUT2D eigenvalue weighted by Gasteiger charge is 2.07. The monoisotopic (exact) mass is 296 g/mol. The maximum atomic E-state index is 5.91. The van der Waals surface area contributed by atoms with Crippen LogP contribution in [0.4, 0.5) is 5.69 Å². The van der Waals surface area contributed by atoms with Gasteiger partial charge in [0, 0.05) is 4.47 Å². The van der Waals surface area contributed by atoms with Crippen LogP contribution in [0.5, 0.6) is 0 Å². The fourth-order valence-corrected chi connectivity index (χ4v) is 1.58. The smallest absolute Gasteiger partial charge is 0.208 e. The van der Waals surface area contributed by atoms with Crippen molar-refractivity contribution in [3.63, 3.8) is 0 Å². The lowest BCUT2D eigenvalue weighted by Crippen LogP contribution is -2.36. The Morgan fingerprint density at radius 3 is 2.57 bits per heavy atom. The summed E-state index contributed by atoms with van der Waals surface area (Å²) < 4.78 is 0.697. The molecule has 1 aromatic rings. The predicted octanol–water partition coefficient (Wildman–Crippen LogP) is 2.17. The molecule has 0 aliphatic rings. The van der Waals surface area contributed by atoms with Crippen molar-refractivity contribution in [3.8, 4) is 0 Å². The number of aliphatic imine (C=N–C) groups is 1. The second-order valence-electron chi connectivity index (χ2n) is 2.34. The molecule has 0 aliphatic carbocycles. The van der Waals surface area contributed by atoms with Crippen molar-refractivity contribution in [1.29, 1.82) is 0 Å². The van der Waals surface area contributed by atoms with Gasteiger partial charge < -0.3 is 5.73 Å². The maximum absolute atomic E-state index is 5.91. The molecule has 76 valence electrons. The van der Waals surface area contributed by atoms with Gasteiger partial charge in [0.25, 0.3) is 0 Å². The molecule has 0 saturated carbocycles. The van der Waals surface area contributed by atoms with Gasteiger partial charge in [-0.05, 0) is 28.1 Å². The largest absolute Gasteiger partial charge is 0.369 e. The Labute approximate surface area is 99.4 Å².